The number of hydrogen-bond acceptors (Lipinski definition) is 3. The van der Waals surface area contributed by atoms with Crippen LogP contribution in [0.4, 0.5) is 13.2 Å². The number of nitrogens with one attached hydrogen (secondary N) is 2. The Kier molecular flexibility index (Phi) is 6.99. The highest BCUT2D eigenvalue weighted by molar-refractivity contribution is 6.30. The Labute approximate surface area is 204 Å². The van der Waals surface area contributed by atoms with Crippen LogP contribution in [-0.4, -0.2) is 23.3 Å². The molecule has 0 radical (unpaired) electrons. The van der Waals surface area contributed by atoms with Crippen LogP contribution in [0.2, 0.25) is 5.02 Å². The van der Waals surface area contributed by atoms with Crippen LogP contribution in [0.3, 0.4) is 0 Å². The number of nitriles is 1. The third kappa shape index (κ3) is 5.94. The van der Waals surface area contributed by atoms with Crippen LogP contribution in [0.1, 0.15) is 22.3 Å². The zero-order chi connectivity index (χ0) is 25.0. The van der Waals surface area contributed by atoms with Gasteiger partial charge in [-0.2, -0.15) is 5.26 Å². The second kappa shape index (κ2) is 10.1. The average molecular weight is 498 g/mol. The summed E-state index contributed by atoms with van der Waals surface area (Å²) in [5.74, 6) is -1.42. The average Bonchev–Trinajstić information content (AvgIpc) is 3.21. The maximum atomic E-state index is 13.2. The van der Waals surface area contributed by atoms with E-state index < -0.39 is 24.1 Å². The number of H-pyrrole nitrogens is 1. The van der Waals surface area contributed by atoms with E-state index in [1.165, 1.54) is 12.1 Å². The molecule has 1 atom stereocenters. The summed E-state index contributed by atoms with van der Waals surface area (Å²) < 4.78 is 43.2. The van der Waals surface area contributed by atoms with Crippen LogP contribution in [0.5, 0.6) is 5.75 Å². The predicted molar refractivity (Wildman–Crippen MR) is 127 cm³/mol. The largest absolute Gasteiger partial charge is 0.573 e. The van der Waals surface area contributed by atoms with Crippen LogP contribution in [0.25, 0.3) is 22.0 Å². The van der Waals surface area contributed by atoms with E-state index in [0.29, 0.717) is 22.6 Å². The van der Waals surface area contributed by atoms with E-state index in [1.807, 2.05) is 30.3 Å². The predicted octanol–water partition coefficient (Wildman–Crippen LogP) is 6.64. The lowest BCUT2D eigenvalue weighted by molar-refractivity contribution is -0.274. The van der Waals surface area contributed by atoms with Gasteiger partial charge in [-0.15, -0.1) is 13.2 Å². The van der Waals surface area contributed by atoms with Crippen molar-refractivity contribution in [1.82, 2.24) is 10.3 Å². The van der Waals surface area contributed by atoms with Gasteiger partial charge in [0.2, 0.25) is 0 Å². The van der Waals surface area contributed by atoms with Crippen molar-refractivity contribution in [2.24, 2.45) is 0 Å². The SMILES string of the molecule is N#CCC(Cc1c[nH]c2ccccc12)NC(=O)c1cc(-c2cccc(Cl)c2)ccc1OC(F)(F)F. The van der Waals surface area contributed by atoms with E-state index in [1.54, 1.807) is 30.5 Å². The van der Waals surface area contributed by atoms with Crippen LogP contribution in [-0.2, 0) is 6.42 Å². The van der Waals surface area contributed by atoms with Gasteiger partial charge in [-0.3, -0.25) is 4.79 Å². The van der Waals surface area contributed by atoms with Gasteiger partial charge in [0.05, 0.1) is 18.1 Å². The molecule has 4 aromatic rings. The molecule has 35 heavy (non-hydrogen) atoms. The summed E-state index contributed by atoms with van der Waals surface area (Å²) in [4.78, 5) is 16.3. The fourth-order valence-electron chi connectivity index (χ4n) is 3.88. The number of aromatic amines is 1. The number of para-hydroxylation sites is 1. The van der Waals surface area contributed by atoms with Gasteiger partial charge >= 0.3 is 6.36 Å². The molecular weight excluding hydrogens is 479 g/mol. The Morgan fingerprint density at radius 1 is 1.09 bits per heavy atom. The van der Waals surface area contributed by atoms with Crippen molar-refractivity contribution in [1.29, 1.82) is 5.26 Å². The molecule has 0 fully saturated rings. The van der Waals surface area contributed by atoms with Gasteiger partial charge in [-0.25, -0.2) is 0 Å². The number of amides is 1. The smallest absolute Gasteiger partial charge is 0.405 e. The monoisotopic (exact) mass is 497 g/mol. The minimum Gasteiger partial charge on any atom is -0.405 e. The molecule has 4 rings (SSSR count). The molecule has 1 amide bonds. The lowest BCUT2D eigenvalue weighted by Gasteiger charge is -2.19. The molecule has 2 N–H and O–H groups in total. The van der Waals surface area contributed by atoms with Gasteiger partial charge in [-0.1, -0.05) is 48.0 Å². The van der Waals surface area contributed by atoms with Gasteiger partial charge in [0, 0.05) is 28.2 Å². The number of carbonyl (C=O) groups is 1. The Morgan fingerprint density at radius 2 is 1.86 bits per heavy atom. The van der Waals surface area contributed by atoms with E-state index in [9.17, 15) is 23.2 Å². The van der Waals surface area contributed by atoms with Crippen molar-refractivity contribution >= 4 is 28.4 Å². The van der Waals surface area contributed by atoms with Crippen molar-refractivity contribution in [2.75, 3.05) is 0 Å². The number of halogens is 4. The Balaban J connectivity index is 1.65. The first kappa shape index (κ1) is 24.2. The molecule has 0 saturated heterocycles. The summed E-state index contributed by atoms with van der Waals surface area (Å²) in [6.45, 7) is 0. The number of fused-ring (bicyclic) bond motifs is 1. The highest BCUT2D eigenvalue weighted by Gasteiger charge is 2.33. The zero-order valence-corrected chi connectivity index (χ0v) is 19.0. The molecule has 0 aliphatic heterocycles. The molecule has 1 unspecified atom stereocenters. The first-order valence-electron chi connectivity index (χ1n) is 10.6. The van der Waals surface area contributed by atoms with Crippen LogP contribution >= 0.6 is 11.6 Å². The fourth-order valence-corrected chi connectivity index (χ4v) is 4.07. The summed E-state index contributed by atoms with van der Waals surface area (Å²) >= 11 is 6.04. The fraction of sp³-hybridized carbons (Fsp3) is 0.154. The Bertz CT molecular complexity index is 1410. The van der Waals surface area contributed by atoms with Gasteiger partial charge in [0.25, 0.3) is 5.91 Å². The molecule has 0 bridgehead atoms. The number of alkyl halides is 3. The minimum absolute atomic E-state index is 0.0330. The van der Waals surface area contributed by atoms with Crippen molar-refractivity contribution in [3.63, 3.8) is 0 Å². The maximum absolute atomic E-state index is 13.2. The molecule has 0 spiro atoms. The molecule has 0 aliphatic rings. The number of rotatable bonds is 7. The van der Waals surface area contributed by atoms with Gasteiger partial charge in [-0.05, 0) is 53.4 Å². The molecule has 0 saturated carbocycles. The molecule has 1 heterocycles. The highest BCUT2D eigenvalue weighted by Crippen LogP contribution is 2.32. The lowest BCUT2D eigenvalue weighted by atomic mass is 10.00. The topological polar surface area (TPSA) is 77.9 Å². The van der Waals surface area contributed by atoms with Crippen LogP contribution < -0.4 is 10.1 Å². The third-order valence-electron chi connectivity index (χ3n) is 5.42. The highest BCUT2D eigenvalue weighted by atomic mass is 35.5. The second-order valence-corrected chi connectivity index (χ2v) is 8.30. The number of ether oxygens (including phenoxy) is 1. The number of nitrogens with zero attached hydrogens (tertiary/aromatic N) is 1. The Morgan fingerprint density at radius 3 is 2.60 bits per heavy atom. The Hall–Kier alpha value is -3.96. The summed E-state index contributed by atoms with van der Waals surface area (Å²) in [7, 11) is 0. The standard InChI is InChI=1S/C26H19ClF3N3O2/c27-19-5-3-4-16(12-19)17-8-9-24(35-26(28,29)30)22(14-17)25(34)33-20(10-11-31)13-18-15-32-23-7-2-1-6-21(18)23/h1-9,12,14-15,20,32H,10,13H2,(H,33,34). The number of aromatic nitrogens is 1. The van der Waals surface area contributed by atoms with E-state index >= 15 is 0 Å². The number of hydrogen-bond donors (Lipinski definition) is 2. The van der Waals surface area contributed by atoms with Crippen LogP contribution in [0, 0.1) is 11.3 Å². The van der Waals surface area contributed by atoms with Crippen molar-refractivity contribution in [2.45, 2.75) is 25.2 Å². The number of benzene rings is 3. The summed E-state index contributed by atoms with van der Waals surface area (Å²) in [5, 5.41) is 13.4. The first-order chi connectivity index (χ1) is 16.7. The summed E-state index contributed by atoms with van der Waals surface area (Å²) in [5.41, 5.74) is 2.58. The molecule has 5 nitrogen and oxygen atoms in total. The van der Waals surface area contributed by atoms with E-state index in [0.717, 1.165) is 22.5 Å². The lowest BCUT2D eigenvalue weighted by Crippen LogP contribution is -2.36. The van der Waals surface area contributed by atoms with Gasteiger partial charge in [0.15, 0.2) is 0 Å². The first-order valence-corrected chi connectivity index (χ1v) is 11.0. The number of carbonyl (C=O) groups excluding carboxylic acids is 1. The van der Waals surface area contributed by atoms with Crippen molar-refractivity contribution in [3.8, 4) is 22.9 Å². The molecular formula is C26H19ClF3N3O2. The molecule has 1 aromatic heterocycles. The molecule has 178 valence electrons. The van der Waals surface area contributed by atoms with Crippen molar-refractivity contribution in [3.05, 3.63) is 89.1 Å². The normalized spacial score (nSPS) is 12.2. The second-order valence-electron chi connectivity index (χ2n) is 7.87. The van der Waals surface area contributed by atoms with Gasteiger partial charge < -0.3 is 15.0 Å². The van der Waals surface area contributed by atoms with Crippen molar-refractivity contribution < 1.29 is 22.7 Å². The molecule has 3 aromatic carbocycles. The quantitative estimate of drug-likeness (QED) is 0.300. The third-order valence-corrected chi connectivity index (χ3v) is 5.66. The van der Waals surface area contributed by atoms with E-state index in [-0.39, 0.29) is 12.0 Å². The van der Waals surface area contributed by atoms with E-state index in [4.69, 9.17) is 11.6 Å². The molecule has 0 aliphatic carbocycles. The van der Waals surface area contributed by atoms with E-state index in [2.05, 4.69) is 15.0 Å². The van der Waals surface area contributed by atoms with Gasteiger partial charge in [0.1, 0.15) is 5.75 Å². The zero-order valence-electron chi connectivity index (χ0n) is 18.2. The maximum Gasteiger partial charge on any atom is 0.573 e. The molecule has 9 heteroatoms. The summed E-state index contributed by atoms with van der Waals surface area (Å²) in [6.07, 6.45) is -2.91. The minimum atomic E-state index is -4.98. The van der Waals surface area contributed by atoms with Crippen LogP contribution in [0.15, 0.2) is 72.9 Å². The summed E-state index contributed by atoms with van der Waals surface area (Å²) in [6, 6.07) is 19.5.